The third-order valence-electron chi connectivity index (χ3n) is 3.67. The quantitative estimate of drug-likeness (QED) is 0.849. The zero-order valence-corrected chi connectivity index (χ0v) is 12.7. The molecule has 0 spiro atoms. The minimum Gasteiger partial charge on any atom is -0.478 e. The molecule has 1 aromatic heterocycles. The number of hydrogen-bond acceptors (Lipinski definition) is 3. The molecule has 1 aliphatic rings. The van der Waals surface area contributed by atoms with Crippen molar-refractivity contribution in [3.63, 3.8) is 0 Å². The summed E-state index contributed by atoms with van der Waals surface area (Å²) in [4.78, 5) is 25.5. The molecule has 1 fully saturated rings. The lowest BCUT2D eigenvalue weighted by atomic mass is 10.1. The highest BCUT2D eigenvalue weighted by molar-refractivity contribution is 7.10. The molecule has 108 valence electrons. The molecule has 1 saturated carbocycles. The molecule has 1 heterocycles. The predicted molar refractivity (Wildman–Crippen MR) is 79.4 cm³/mol. The van der Waals surface area contributed by atoms with E-state index in [-0.39, 0.29) is 17.2 Å². The Labute approximate surface area is 122 Å². The summed E-state index contributed by atoms with van der Waals surface area (Å²) in [6.45, 7) is 4.81. The van der Waals surface area contributed by atoms with Gasteiger partial charge in [-0.1, -0.05) is 13.8 Å². The van der Waals surface area contributed by atoms with Crippen molar-refractivity contribution in [2.45, 2.75) is 26.8 Å². The van der Waals surface area contributed by atoms with Gasteiger partial charge in [-0.15, -0.1) is 11.3 Å². The topological polar surface area (TPSA) is 57.6 Å². The monoisotopic (exact) mass is 293 g/mol. The number of carboxylic acid groups (broad SMARTS) is 1. The van der Waals surface area contributed by atoms with Crippen molar-refractivity contribution in [1.29, 1.82) is 0 Å². The number of hydrogen-bond donors (Lipinski definition) is 1. The van der Waals surface area contributed by atoms with Crippen molar-refractivity contribution in [1.82, 2.24) is 4.90 Å². The number of nitrogens with zero attached hydrogens (tertiary/aromatic N) is 1. The van der Waals surface area contributed by atoms with Crippen LogP contribution in [0, 0.1) is 11.3 Å². The van der Waals surface area contributed by atoms with Gasteiger partial charge in [-0.2, -0.15) is 0 Å². The summed E-state index contributed by atoms with van der Waals surface area (Å²) in [5.41, 5.74) is 1.01. The number of thiophene rings is 1. The molecule has 20 heavy (non-hydrogen) atoms. The zero-order chi connectivity index (χ0) is 14.9. The van der Waals surface area contributed by atoms with Crippen LogP contribution in [-0.4, -0.2) is 28.9 Å². The Hall–Kier alpha value is -1.62. The van der Waals surface area contributed by atoms with Crippen LogP contribution < -0.4 is 0 Å². The molecule has 1 aliphatic carbocycles. The van der Waals surface area contributed by atoms with Gasteiger partial charge in [0.15, 0.2) is 0 Å². The normalized spacial score (nSPS) is 20.1. The molecular formula is C15H19NO3S. The second-order valence-corrected chi connectivity index (χ2v) is 6.95. The minimum absolute atomic E-state index is 0.149. The fourth-order valence-corrected chi connectivity index (χ4v) is 3.11. The van der Waals surface area contributed by atoms with Gasteiger partial charge < -0.3 is 10.0 Å². The van der Waals surface area contributed by atoms with Gasteiger partial charge in [-0.05, 0) is 34.9 Å². The van der Waals surface area contributed by atoms with Gasteiger partial charge in [0, 0.05) is 23.9 Å². The number of carbonyl (C=O) groups excluding carboxylic acids is 1. The SMILES string of the molecule is CN(Cc1cc(/C=C/C(=O)O)cs1)C(=O)C1CC1(C)C. The number of amides is 1. The molecule has 1 aromatic rings. The summed E-state index contributed by atoms with van der Waals surface area (Å²) in [5.74, 6) is -0.606. The van der Waals surface area contributed by atoms with Crippen LogP contribution in [-0.2, 0) is 16.1 Å². The molecule has 2 rings (SSSR count). The average Bonchev–Trinajstić information content (AvgIpc) is 2.80. The molecule has 0 aliphatic heterocycles. The van der Waals surface area contributed by atoms with Crippen molar-refractivity contribution < 1.29 is 14.7 Å². The average molecular weight is 293 g/mol. The summed E-state index contributed by atoms with van der Waals surface area (Å²) in [6.07, 6.45) is 3.65. The van der Waals surface area contributed by atoms with Crippen molar-refractivity contribution in [2.75, 3.05) is 7.05 Å². The Morgan fingerprint density at radius 2 is 2.20 bits per heavy atom. The molecule has 1 unspecified atom stereocenters. The highest BCUT2D eigenvalue weighted by atomic mass is 32.1. The Balaban J connectivity index is 1.93. The second kappa shape index (κ2) is 5.40. The third-order valence-corrected chi connectivity index (χ3v) is 4.61. The van der Waals surface area contributed by atoms with E-state index in [1.54, 1.807) is 22.3 Å². The first-order chi connectivity index (χ1) is 9.29. The smallest absolute Gasteiger partial charge is 0.328 e. The molecule has 4 nitrogen and oxygen atoms in total. The lowest BCUT2D eigenvalue weighted by Crippen LogP contribution is -2.28. The largest absolute Gasteiger partial charge is 0.478 e. The summed E-state index contributed by atoms with van der Waals surface area (Å²) in [7, 11) is 1.82. The Bertz CT molecular complexity index is 559. The van der Waals surface area contributed by atoms with Crippen LogP contribution in [0.1, 0.15) is 30.7 Å². The standard InChI is InChI=1S/C15H19NO3S/c1-15(2)7-12(15)14(19)16(3)8-11-6-10(9-20-11)4-5-13(17)18/h4-6,9,12H,7-8H2,1-3H3,(H,17,18)/b5-4+. The molecule has 1 atom stereocenters. The Kier molecular flexibility index (Phi) is 3.99. The minimum atomic E-state index is -0.957. The van der Waals surface area contributed by atoms with Crippen molar-refractivity contribution in [2.24, 2.45) is 11.3 Å². The highest BCUT2D eigenvalue weighted by Gasteiger charge is 2.51. The van der Waals surface area contributed by atoms with Gasteiger partial charge in [0.2, 0.25) is 5.91 Å². The molecule has 5 heteroatoms. The number of aliphatic carboxylic acids is 1. The Morgan fingerprint density at radius 1 is 1.55 bits per heavy atom. The molecule has 0 saturated heterocycles. The number of carboxylic acids is 1. The van der Waals surface area contributed by atoms with E-state index in [1.165, 1.54) is 0 Å². The van der Waals surface area contributed by atoms with Crippen LogP contribution >= 0.6 is 11.3 Å². The lowest BCUT2D eigenvalue weighted by molar-refractivity contribution is -0.132. The maximum Gasteiger partial charge on any atom is 0.328 e. The van der Waals surface area contributed by atoms with Crippen LogP contribution in [0.5, 0.6) is 0 Å². The van der Waals surface area contributed by atoms with Crippen molar-refractivity contribution in [3.8, 4) is 0 Å². The summed E-state index contributed by atoms with van der Waals surface area (Å²) in [5, 5.41) is 10.5. The Morgan fingerprint density at radius 3 is 2.75 bits per heavy atom. The first-order valence-corrected chi connectivity index (χ1v) is 7.41. The predicted octanol–water partition coefficient (Wildman–Crippen LogP) is 2.85. The third kappa shape index (κ3) is 3.48. The van der Waals surface area contributed by atoms with Gasteiger partial charge in [0.05, 0.1) is 6.54 Å². The molecule has 1 amide bonds. The van der Waals surface area contributed by atoms with E-state index < -0.39 is 5.97 Å². The first-order valence-electron chi connectivity index (χ1n) is 6.53. The number of carbonyl (C=O) groups is 2. The summed E-state index contributed by atoms with van der Waals surface area (Å²) >= 11 is 1.54. The number of rotatable bonds is 5. The van der Waals surface area contributed by atoms with E-state index in [1.807, 2.05) is 18.5 Å². The maximum absolute atomic E-state index is 12.2. The fraction of sp³-hybridized carbons (Fsp3) is 0.467. The van der Waals surface area contributed by atoms with Gasteiger partial charge in [-0.25, -0.2) is 4.79 Å². The molecule has 0 radical (unpaired) electrons. The molecular weight excluding hydrogens is 274 g/mol. The van der Waals surface area contributed by atoms with Gasteiger partial charge in [0.1, 0.15) is 0 Å². The zero-order valence-electron chi connectivity index (χ0n) is 11.9. The van der Waals surface area contributed by atoms with Gasteiger partial charge in [0.25, 0.3) is 0 Å². The van der Waals surface area contributed by atoms with Gasteiger partial charge >= 0.3 is 5.97 Å². The van der Waals surface area contributed by atoms with E-state index in [9.17, 15) is 9.59 Å². The van der Waals surface area contributed by atoms with E-state index in [0.717, 1.165) is 22.9 Å². The van der Waals surface area contributed by atoms with E-state index >= 15 is 0 Å². The molecule has 1 N–H and O–H groups in total. The summed E-state index contributed by atoms with van der Waals surface area (Å²) < 4.78 is 0. The van der Waals surface area contributed by atoms with Crippen LogP contribution in [0.25, 0.3) is 6.08 Å². The van der Waals surface area contributed by atoms with E-state index in [2.05, 4.69) is 13.8 Å². The van der Waals surface area contributed by atoms with Crippen molar-refractivity contribution >= 4 is 29.3 Å². The van der Waals surface area contributed by atoms with Crippen LogP contribution in [0.3, 0.4) is 0 Å². The maximum atomic E-state index is 12.2. The first kappa shape index (κ1) is 14.8. The highest BCUT2D eigenvalue weighted by Crippen LogP contribution is 2.52. The van der Waals surface area contributed by atoms with Crippen LogP contribution in [0.4, 0.5) is 0 Å². The van der Waals surface area contributed by atoms with Gasteiger partial charge in [-0.3, -0.25) is 4.79 Å². The second-order valence-electron chi connectivity index (χ2n) is 5.96. The van der Waals surface area contributed by atoms with Crippen LogP contribution in [0.2, 0.25) is 0 Å². The van der Waals surface area contributed by atoms with Crippen molar-refractivity contribution in [3.05, 3.63) is 28.0 Å². The van der Waals surface area contributed by atoms with E-state index in [4.69, 9.17) is 5.11 Å². The lowest BCUT2D eigenvalue weighted by Gasteiger charge is -2.17. The molecule has 0 bridgehead atoms. The van der Waals surface area contributed by atoms with Crippen LogP contribution in [0.15, 0.2) is 17.5 Å². The summed E-state index contributed by atoms with van der Waals surface area (Å²) in [6, 6.07) is 1.92. The van der Waals surface area contributed by atoms with E-state index in [0.29, 0.717) is 6.54 Å². The molecule has 0 aromatic carbocycles. The fourth-order valence-electron chi connectivity index (χ4n) is 2.20.